The molecule has 0 aliphatic carbocycles. The van der Waals surface area contributed by atoms with Gasteiger partial charge >= 0.3 is 0 Å². The van der Waals surface area contributed by atoms with Gasteiger partial charge in [0.1, 0.15) is 11.3 Å². The van der Waals surface area contributed by atoms with Crippen LogP contribution in [0.2, 0.25) is 5.02 Å². The zero-order valence-corrected chi connectivity index (χ0v) is 9.46. The summed E-state index contributed by atoms with van der Waals surface area (Å²) in [5.74, 6) is 0.190. The van der Waals surface area contributed by atoms with E-state index in [0.717, 1.165) is 11.3 Å². The number of rotatable bonds is 1. The molecule has 2 N–H and O–H groups in total. The average molecular weight is 246 g/mol. The number of hydrogen-bond acceptors (Lipinski definition) is 4. The van der Waals surface area contributed by atoms with E-state index in [4.69, 9.17) is 17.3 Å². The molecule has 0 unspecified atom stereocenters. The predicted octanol–water partition coefficient (Wildman–Crippen LogP) is 2.03. The molecular formula is C11H8ClN5. The first-order valence-electron chi connectivity index (χ1n) is 4.96. The van der Waals surface area contributed by atoms with Crippen molar-refractivity contribution in [1.82, 2.24) is 19.4 Å². The second-order valence-electron chi connectivity index (χ2n) is 3.50. The van der Waals surface area contributed by atoms with E-state index in [1.807, 2.05) is 28.8 Å². The Morgan fingerprint density at radius 3 is 2.94 bits per heavy atom. The fourth-order valence-corrected chi connectivity index (χ4v) is 1.86. The third-order valence-electron chi connectivity index (χ3n) is 2.42. The molecule has 0 fully saturated rings. The predicted molar refractivity (Wildman–Crippen MR) is 65.6 cm³/mol. The van der Waals surface area contributed by atoms with E-state index in [1.165, 1.54) is 6.20 Å². The number of nitrogens with zero attached hydrogens (tertiary/aromatic N) is 4. The van der Waals surface area contributed by atoms with E-state index >= 15 is 0 Å². The minimum Gasteiger partial charge on any atom is -0.368 e. The molecule has 3 aromatic heterocycles. The maximum Gasteiger partial charge on any atom is 0.220 e. The molecule has 3 rings (SSSR count). The Balaban J connectivity index is 2.31. The van der Waals surface area contributed by atoms with Crippen LogP contribution in [-0.2, 0) is 0 Å². The summed E-state index contributed by atoms with van der Waals surface area (Å²) in [5, 5.41) is 0.449. The highest BCUT2D eigenvalue weighted by Gasteiger charge is 2.11. The van der Waals surface area contributed by atoms with Gasteiger partial charge in [-0.3, -0.25) is 4.40 Å². The second-order valence-corrected chi connectivity index (χ2v) is 3.90. The Labute approximate surface area is 102 Å². The summed E-state index contributed by atoms with van der Waals surface area (Å²) < 4.78 is 1.90. The van der Waals surface area contributed by atoms with Gasteiger partial charge in [0.05, 0.1) is 23.1 Å². The quantitative estimate of drug-likeness (QED) is 0.712. The Kier molecular flexibility index (Phi) is 2.19. The summed E-state index contributed by atoms with van der Waals surface area (Å²) in [6.45, 7) is 0. The van der Waals surface area contributed by atoms with Crippen molar-refractivity contribution in [2.75, 3.05) is 5.73 Å². The van der Waals surface area contributed by atoms with E-state index in [0.29, 0.717) is 10.7 Å². The Hall–Kier alpha value is -2.14. The fraction of sp³-hybridized carbons (Fsp3) is 0. The molecule has 0 spiro atoms. The molecule has 0 amide bonds. The van der Waals surface area contributed by atoms with Crippen LogP contribution < -0.4 is 5.73 Å². The smallest absolute Gasteiger partial charge is 0.220 e. The molecule has 84 valence electrons. The molecule has 0 atom stereocenters. The normalized spacial score (nSPS) is 10.9. The third-order valence-corrected chi connectivity index (χ3v) is 2.70. The lowest BCUT2D eigenvalue weighted by Crippen LogP contribution is -1.98. The highest BCUT2D eigenvalue weighted by molar-refractivity contribution is 6.32. The van der Waals surface area contributed by atoms with Gasteiger partial charge in [0, 0.05) is 6.20 Å². The molecular weight excluding hydrogens is 238 g/mol. The SMILES string of the molecule is Nc1ncc(Cl)c(-c2cnc3ccccn23)n1. The van der Waals surface area contributed by atoms with Gasteiger partial charge < -0.3 is 5.73 Å². The summed E-state index contributed by atoms with van der Waals surface area (Å²) in [7, 11) is 0. The van der Waals surface area contributed by atoms with Crippen molar-refractivity contribution in [2.24, 2.45) is 0 Å². The Morgan fingerprint density at radius 1 is 1.18 bits per heavy atom. The third kappa shape index (κ3) is 1.60. The van der Waals surface area contributed by atoms with Crippen LogP contribution >= 0.6 is 11.6 Å². The zero-order chi connectivity index (χ0) is 11.8. The van der Waals surface area contributed by atoms with Gasteiger partial charge in [0.2, 0.25) is 5.95 Å². The summed E-state index contributed by atoms with van der Waals surface area (Å²) in [6.07, 6.45) is 5.09. The highest BCUT2D eigenvalue weighted by atomic mass is 35.5. The van der Waals surface area contributed by atoms with Crippen molar-refractivity contribution >= 4 is 23.2 Å². The van der Waals surface area contributed by atoms with Crippen LogP contribution in [0.1, 0.15) is 0 Å². The maximum absolute atomic E-state index is 6.07. The van der Waals surface area contributed by atoms with Crippen LogP contribution in [0.25, 0.3) is 17.0 Å². The first kappa shape index (κ1) is 10.0. The van der Waals surface area contributed by atoms with Gasteiger partial charge in [0.15, 0.2) is 0 Å². The molecule has 5 nitrogen and oxygen atoms in total. The van der Waals surface area contributed by atoms with Crippen LogP contribution in [0, 0.1) is 0 Å². The lowest BCUT2D eigenvalue weighted by Gasteiger charge is -2.03. The number of hydrogen-bond donors (Lipinski definition) is 1. The van der Waals surface area contributed by atoms with Crippen molar-refractivity contribution in [2.45, 2.75) is 0 Å². The van der Waals surface area contributed by atoms with Gasteiger partial charge in [-0.25, -0.2) is 15.0 Å². The van der Waals surface area contributed by atoms with E-state index in [-0.39, 0.29) is 5.95 Å². The van der Waals surface area contributed by atoms with Crippen LogP contribution in [0.15, 0.2) is 36.8 Å². The van der Waals surface area contributed by atoms with Crippen LogP contribution in [-0.4, -0.2) is 19.4 Å². The van der Waals surface area contributed by atoms with E-state index < -0.39 is 0 Å². The number of nitrogen functional groups attached to an aromatic ring is 1. The fourth-order valence-electron chi connectivity index (χ4n) is 1.67. The maximum atomic E-state index is 6.07. The van der Waals surface area contributed by atoms with Crippen LogP contribution in [0.5, 0.6) is 0 Å². The average Bonchev–Trinajstić information content (AvgIpc) is 2.76. The summed E-state index contributed by atoms with van der Waals surface area (Å²) in [6, 6.07) is 5.74. The first-order valence-corrected chi connectivity index (χ1v) is 5.34. The van der Waals surface area contributed by atoms with Crippen molar-refractivity contribution in [1.29, 1.82) is 0 Å². The molecule has 17 heavy (non-hydrogen) atoms. The molecule has 6 heteroatoms. The molecule has 0 aromatic carbocycles. The molecule has 0 aliphatic heterocycles. The summed E-state index contributed by atoms with van der Waals surface area (Å²) >= 11 is 6.07. The summed E-state index contributed by atoms with van der Waals surface area (Å²) in [5.41, 5.74) is 7.77. The number of aromatic nitrogens is 4. The number of pyridine rings is 1. The van der Waals surface area contributed by atoms with E-state index in [2.05, 4.69) is 15.0 Å². The Morgan fingerprint density at radius 2 is 2.06 bits per heavy atom. The van der Waals surface area contributed by atoms with E-state index in [1.54, 1.807) is 6.20 Å². The van der Waals surface area contributed by atoms with Crippen LogP contribution in [0.3, 0.4) is 0 Å². The number of halogens is 1. The highest BCUT2D eigenvalue weighted by Crippen LogP contribution is 2.26. The molecule has 3 aromatic rings. The van der Waals surface area contributed by atoms with Crippen LogP contribution in [0.4, 0.5) is 5.95 Å². The Bertz CT molecular complexity index is 691. The van der Waals surface area contributed by atoms with Gasteiger partial charge in [-0.2, -0.15) is 0 Å². The molecule has 3 heterocycles. The minimum absolute atomic E-state index is 0.190. The monoisotopic (exact) mass is 245 g/mol. The number of nitrogens with two attached hydrogens (primary N) is 1. The van der Waals surface area contributed by atoms with Crippen molar-refractivity contribution in [3.05, 3.63) is 41.8 Å². The van der Waals surface area contributed by atoms with Gasteiger partial charge in [0.25, 0.3) is 0 Å². The van der Waals surface area contributed by atoms with Crippen molar-refractivity contribution in [3.63, 3.8) is 0 Å². The van der Waals surface area contributed by atoms with E-state index in [9.17, 15) is 0 Å². The lowest BCUT2D eigenvalue weighted by molar-refractivity contribution is 1.14. The standard InChI is InChI=1S/C11H8ClN5/c12-7-5-15-11(13)16-10(7)8-6-14-9-3-1-2-4-17(8)9/h1-6H,(H2,13,15,16). The number of imidazole rings is 1. The molecule has 0 radical (unpaired) electrons. The minimum atomic E-state index is 0.190. The molecule has 0 bridgehead atoms. The van der Waals surface area contributed by atoms with Crippen molar-refractivity contribution < 1.29 is 0 Å². The topological polar surface area (TPSA) is 69.1 Å². The summed E-state index contributed by atoms with van der Waals surface area (Å²) in [4.78, 5) is 12.2. The molecule has 0 aliphatic rings. The van der Waals surface area contributed by atoms with Gasteiger partial charge in [-0.1, -0.05) is 17.7 Å². The molecule has 0 saturated heterocycles. The number of fused-ring (bicyclic) bond motifs is 1. The first-order chi connectivity index (χ1) is 8.25. The molecule has 0 saturated carbocycles. The van der Waals surface area contributed by atoms with Gasteiger partial charge in [-0.05, 0) is 12.1 Å². The largest absolute Gasteiger partial charge is 0.368 e. The lowest BCUT2D eigenvalue weighted by atomic mass is 10.3. The van der Waals surface area contributed by atoms with Crippen molar-refractivity contribution in [3.8, 4) is 11.4 Å². The zero-order valence-electron chi connectivity index (χ0n) is 8.71. The second kappa shape index (κ2) is 3.71. The number of anilines is 1. The van der Waals surface area contributed by atoms with Gasteiger partial charge in [-0.15, -0.1) is 0 Å².